The Labute approximate surface area is 116 Å². The van der Waals surface area contributed by atoms with Gasteiger partial charge in [0.05, 0.1) is 11.7 Å². The average molecular weight is 268 g/mol. The van der Waals surface area contributed by atoms with E-state index in [0.717, 1.165) is 35.8 Å². The largest absolute Gasteiger partial charge is 0.309 e. The van der Waals surface area contributed by atoms with Crippen LogP contribution in [0.2, 0.25) is 0 Å². The van der Waals surface area contributed by atoms with Crippen molar-refractivity contribution in [3.05, 3.63) is 42.2 Å². The highest BCUT2D eigenvalue weighted by Crippen LogP contribution is 2.23. The molecular weight excluding hydrogens is 252 g/mol. The fourth-order valence-corrected chi connectivity index (χ4v) is 2.78. The summed E-state index contributed by atoms with van der Waals surface area (Å²) in [4.78, 5) is 8.69. The van der Waals surface area contributed by atoms with E-state index < -0.39 is 0 Å². The van der Waals surface area contributed by atoms with Crippen LogP contribution in [-0.2, 0) is 0 Å². The standard InChI is InChI=1S/C14H16N6/c1-10-7-14(19-6-5-15-9-19)20-13(17-10)8-12(18-20)11-3-2-4-16-11/h5-9,11,16H,2-4H2,1H3. The number of aromatic nitrogens is 5. The summed E-state index contributed by atoms with van der Waals surface area (Å²) in [6, 6.07) is 4.46. The summed E-state index contributed by atoms with van der Waals surface area (Å²) in [5.41, 5.74) is 2.94. The van der Waals surface area contributed by atoms with Crippen molar-refractivity contribution in [3.63, 3.8) is 0 Å². The highest BCUT2D eigenvalue weighted by atomic mass is 15.3. The van der Waals surface area contributed by atoms with E-state index in [9.17, 15) is 0 Å². The van der Waals surface area contributed by atoms with Gasteiger partial charge in [0.25, 0.3) is 0 Å². The van der Waals surface area contributed by atoms with Crippen molar-refractivity contribution in [3.8, 4) is 5.82 Å². The van der Waals surface area contributed by atoms with Gasteiger partial charge in [0.15, 0.2) is 5.65 Å². The van der Waals surface area contributed by atoms with Crippen molar-refractivity contribution in [2.45, 2.75) is 25.8 Å². The second-order valence-electron chi connectivity index (χ2n) is 5.21. The predicted molar refractivity (Wildman–Crippen MR) is 74.8 cm³/mol. The number of rotatable bonds is 2. The van der Waals surface area contributed by atoms with Gasteiger partial charge < -0.3 is 5.32 Å². The van der Waals surface area contributed by atoms with E-state index in [1.165, 1.54) is 6.42 Å². The summed E-state index contributed by atoms with van der Waals surface area (Å²) in [6.45, 7) is 3.07. The summed E-state index contributed by atoms with van der Waals surface area (Å²) < 4.78 is 3.85. The number of nitrogens with one attached hydrogen (secondary N) is 1. The first-order valence-corrected chi connectivity index (χ1v) is 6.90. The summed E-state index contributed by atoms with van der Waals surface area (Å²) in [5.74, 6) is 0.967. The summed E-state index contributed by atoms with van der Waals surface area (Å²) in [6.07, 6.45) is 7.82. The first-order valence-electron chi connectivity index (χ1n) is 6.90. The molecule has 0 spiro atoms. The maximum atomic E-state index is 4.73. The van der Waals surface area contributed by atoms with Crippen LogP contribution in [0, 0.1) is 6.92 Å². The van der Waals surface area contributed by atoms with Crippen molar-refractivity contribution >= 4 is 5.65 Å². The van der Waals surface area contributed by atoms with Gasteiger partial charge >= 0.3 is 0 Å². The summed E-state index contributed by atoms with van der Waals surface area (Å²) >= 11 is 0. The van der Waals surface area contributed by atoms with Crippen molar-refractivity contribution in [2.24, 2.45) is 0 Å². The molecular formula is C14H16N6. The molecule has 6 nitrogen and oxygen atoms in total. The monoisotopic (exact) mass is 268 g/mol. The topological polar surface area (TPSA) is 60.0 Å². The van der Waals surface area contributed by atoms with Crippen molar-refractivity contribution in [1.29, 1.82) is 0 Å². The first-order chi connectivity index (χ1) is 9.81. The predicted octanol–water partition coefficient (Wildman–Crippen LogP) is 1.65. The van der Waals surface area contributed by atoms with Crippen molar-refractivity contribution < 1.29 is 0 Å². The lowest BCUT2D eigenvalue weighted by molar-refractivity contribution is 0.619. The van der Waals surface area contributed by atoms with E-state index in [1.807, 2.05) is 28.3 Å². The van der Waals surface area contributed by atoms with E-state index in [4.69, 9.17) is 5.10 Å². The fraction of sp³-hybridized carbons (Fsp3) is 0.357. The average Bonchev–Trinajstić information content (AvgIpc) is 3.18. The molecule has 4 heterocycles. The molecule has 1 fully saturated rings. The zero-order valence-electron chi connectivity index (χ0n) is 11.3. The second-order valence-corrected chi connectivity index (χ2v) is 5.21. The molecule has 0 aliphatic carbocycles. The Kier molecular flexibility index (Phi) is 2.56. The molecule has 1 saturated heterocycles. The number of fused-ring (bicyclic) bond motifs is 1. The molecule has 1 aliphatic heterocycles. The van der Waals surface area contributed by atoms with Crippen LogP contribution in [-0.4, -0.2) is 30.7 Å². The number of aryl methyl sites for hydroxylation is 1. The normalized spacial score (nSPS) is 18.9. The highest BCUT2D eigenvalue weighted by molar-refractivity contribution is 5.46. The molecule has 1 unspecified atom stereocenters. The molecule has 4 rings (SSSR count). The Balaban J connectivity index is 1.90. The fourth-order valence-electron chi connectivity index (χ4n) is 2.78. The minimum atomic E-state index is 0.354. The summed E-state index contributed by atoms with van der Waals surface area (Å²) in [7, 11) is 0. The highest BCUT2D eigenvalue weighted by Gasteiger charge is 2.20. The molecule has 0 bridgehead atoms. The molecule has 1 N–H and O–H groups in total. The van der Waals surface area contributed by atoms with Crippen LogP contribution in [0.5, 0.6) is 0 Å². The lowest BCUT2D eigenvalue weighted by Gasteiger charge is -2.07. The van der Waals surface area contributed by atoms with Gasteiger partial charge in [-0.15, -0.1) is 0 Å². The molecule has 3 aromatic heterocycles. The maximum absolute atomic E-state index is 4.73. The molecule has 3 aromatic rings. The van der Waals surface area contributed by atoms with Gasteiger partial charge in [-0.25, -0.2) is 9.97 Å². The van der Waals surface area contributed by atoms with Crippen molar-refractivity contribution in [1.82, 2.24) is 29.5 Å². The van der Waals surface area contributed by atoms with Crippen LogP contribution in [0.25, 0.3) is 11.5 Å². The third-order valence-corrected chi connectivity index (χ3v) is 3.74. The van der Waals surface area contributed by atoms with Crippen LogP contribution in [0.3, 0.4) is 0 Å². The van der Waals surface area contributed by atoms with Gasteiger partial charge in [0, 0.05) is 30.2 Å². The Morgan fingerprint density at radius 3 is 3.05 bits per heavy atom. The molecule has 1 atom stereocenters. The second kappa shape index (κ2) is 4.42. The van der Waals surface area contributed by atoms with Crippen molar-refractivity contribution in [2.75, 3.05) is 6.54 Å². The molecule has 102 valence electrons. The van der Waals surface area contributed by atoms with Crippen LogP contribution in [0.15, 0.2) is 30.9 Å². The SMILES string of the molecule is Cc1cc(-n2ccnc2)n2nc(C3CCCN3)cc2n1. The van der Waals surface area contributed by atoms with Gasteiger partial charge in [0.2, 0.25) is 0 Å². The Morgan fingerprint density at radius 2 is 2.30 bits per heavy atom. The number of hydrogen-bond acceptors (Lipinski definition) is 4. The van der Waals surface area contributed by atoms with Gasteiger partial charge in [-0.3, -0.25) is 4.57 Å². The van der Waals surface area contributed by atoms with E-state index >= 15 is 0 Å². The molecule has 0 saturated carbocycles. The Bertz CT molecular complexity index is 736. The summed E-state index contributed by atoms with van der Waals surface area (Å²) in [5, 5.41) is 8.21. The zero-order chi connectivity index (χ0) is 13.5. The third kappa shape index (κ3) is 1.80. The molecule has 0 radical (unpaired) electrons. The third-order valence-electron chi connectivity index (χ3n) is 3.74. The van der Waals surface area contributed by atoms with Crippen LogP contribution in [0.4, 0.5) is 0 Å². The Morgan fingerprint density at radius 1 is 1.35 bits per heavy atom. The molecule has 1 aliphatic rings. The quantitative estimate of drug-likeness (QED) is 0.767. The van der Waals surface area contributed by atoms with Crippen LogP contribution in [0.1, 0.15) is 30.3 Å². The van der Waals surface area contributed by atoms with E-state index in [1.54, 1.807) is 12.5 Å². The number of hydrogen-bond donors (Lipinski definition) is 1. The van der Waals surface area contributed by atoms with Gasteiger partial charge in [-0.2, -0.15) is 9.61 Å². The first kappa shape index (κ1) is 11.6. The molecule has 0 amide bonds. The minimum absolute atomic E-state index is 0.354. The molecule has 20 heavy (non-hydrogen) atoms. The lowest BCUT2D eigenvalue weighted by Crippen LogP contribution is -2.13. The minimum Gasteiger partial charge on any atom is -0.309 e. The molecule has 0 aromatic carbocycles. The van der Waals surface area contributed by atoms with E-state index in [-0.39, 0.29) is 0 Å². The van der Waals surface area contributed by atoms with E-state index in [0.29, 0.717) is 6.04 Å². The van der Waals surface area contributed by atoms with Crippen LogP contribution < -0.4 is 5.32 Å². The van der Waals surface area contributed by atoms with Gasteiger partial charge in [0.1, 0.15) is 12.1 Å². The van der Waals surface area contributed by atoms with Gasteiger partial charge in [-0.05, 0) is 26.3 Å². The molecule has 6 heteroatoms. The smallest absolute Gasteiger partial charge is 0.157 e. The zero-order valence-corrected chi connectivity index (χ0v) is 11.3. The number of nitrogens with zero attached hydrogens (tertiary/aromatic N) is 5. The van der Waals surface area contributed by atoms with Gasteiger partial charge in [-0.1, -0.05) is 0 Å². The maximum Gasteiger partial charge on any atom is 0.157 e. The lowest BCUT2D eigenvalue weighted by atomic mass is 10.2. The van der Waals surface area contributed by atoms with E-state index in [2.05, 4.69) is 21.4 Å². The Hall–Kier alpha value is -2.21. The van der Waals surface area contributed by atoms with Crippen LogP contribution >= 0.6 is 0 Å². The number of imidazole rings is 1.